The van der Waals surface area contributed by atoms with Crippen molar-refractivity contribution in [3.05, 3.63) is 45.7 Å². The zero-order valence-electron chi connectivity index (χ0n) is 16.0. The van der Waals surface area contributed by atoms with E-state index in [1.54, 1.807) is 11.5 Å². The van der Waals surface area contributed by atoms with Crippen LogP contribution in [-0.4, -0.2) is 30.2 Å². The highest BCUT2D eigenvalue weighted by Crippen LogP contribution is 2.42. The van der Waals surface area contributed by atoms with Gasteiger partial charge in [0, 0.05) is 29.3 Å². The number of aryl methyl sites for hydroxylation is 1. The highest BCUT2D eigenvalue weighted by molar-refractivity contribution is 7.05. The van der Waals surface area contributed by atoms with Gasteiger partial charge in [0.25, 0.3) is 0 Å². The predicted octanol–water partition coefficient (Wildman–Crippen LogP) is 4.88. The van der Waals surface area contributed by atoms with Gasteiger partial charge in [0.2, 0.25) is 0 Å². The predicted molar refractivity (Wildman–Crippen MR) is 112 cm³/mol. The topological polar surface area (TPSA) is 68.5 Å². The quantitative estimate of drug-likeness (QED) is 0.647. The fourth-order valence-electron chi connectivity index (χ4n) is 4.48. The molecule has 1 atom stereocenters. The van der Waals surface area contributed by atoms with Crippen LogP contribution in [0, 0.1) is 6.92 Å². The average molecular weight is 415 g/mol. The van der Waals surface area contributed by atoms with E-state index < -0.39 is 0 Å². The number of fused-ring (bicyclic) bond motifs is 3. The maximum atomic E-state index is 6.25. The number of rotatable bonds is 2. The SMILES string of the molecule is Cc1nsc([C@H]2CC[C@H](c3nnc4n3-c3ccc(Cl)cc3NC(C)C4)CC2)n1. The van der Waals surface area contributed by atoms with Crippen LogP contribution in [0.2, 0.25) is 5.02 Å². The highest BCUT2D eigenvalue weighted by Gasteiger charge is 2.31. The standard InChI is InChI=1S/C20H23ClN6S/c1-11-9-18-24-25-19(27(18)17-8-7-15(21)10-16(17)22-11)13-3-5-14(6-4-13)20-23-12(2)26-28-20/h7-8,10-11,13-14,22H,3-6,9H2,1-2H3/t11?,13-,14-. The smallest absolute Gasteiger partial charge is 0.140 e. The Hall–Kier alpha value is -1.99. The lowest BCUT2D eigenvalue weighted by molar-refractivity contribution is 0.381. The second kappa shape index (κ2) is 7.12. The first-order valence-electron chi connectivity index (χ1n) is 9.89. The number of anilines is 1. The van der Waals surface area contributed by atoms with Crippen LogP contribution < -0.4 is 5.32 Å². The van der Waals surface area contributed by atoms with E-state index in [0.717, 1.165) is 66.0 Å². The molecule has 1 aliphatic heterocycles. The van der Waals surface area contributed by atoms with Crippen molar-refractivity contribution in [3.8, 4) is 5.69 Å². The van der Waals surface area contributed by atoms with E-state index in [4.69, 9.17) is 11.6 Å². The molecule has 8 heteroatoms. The lowest BCUT2D eigenvalue weighted by Gasteiger charge is -2.27. The Balaban J connectivity index is 1.45. The van der Waals surface area contributed by atoms with Crippen molar-refractivity contribution in [2.75, 3.05) is 5.32 Å². The maximum absolute atomic E-state index is 6.25. The van der Waals surface area contributed by atoms with E-state index in [0.29, 0.717) is 11.8 Å². The van der Waals surface area contributed by atoms with Crippen LogP contribution in [0.5, 0.6) is 0 Å². The monoisotopic (exact) mass is 414 g/mol. The Morgan fingerprint density at radius 3 is 2.68 bits per heavy atom. The zero-order chi connectivity index (χ0) is 19.3. The number of nitrogens with zero attached hydrogens (tertiary/aromatic N) is 5. The molecule has 3 aromatic rings. The Bertz CT molecular complexity index is 1000. The van der Waals surface area contributed by atoms with Gasteiger partial charge in [0.05, 0.1) is 11.4 Å². The summed E-state index contributed by atoms with van der Waals surface area (Å²) in [6.07, 6.45) is 5.31. The van der Waals surface area contributed by atoms with Crippen LogP contribution in [0.1, 0.15) is 66.9 Å². The van der Waals surface area contributed by atoms with Gasteiger partial charge in [-0.25, -0.2) is 4.98 Å². The fraction of sp³-hybridized carbons (Fsp3) is 0.500. The lowest BCUT2D eigenvalue weighted by atomic mass is 9.82. The first-order valence-corrected chi connectivity index (χ1v) is 11.0. The molecule has 0 spiro atoms. The van der Waals surface area contributed by atoms with E-state index >= 15 is 0 Å². The Morgan fingerprint density at radius 1 is 1.14 bits per heavy atom. The molecule has 2 aromatic heterocycles. The zero-order valence-corrected chi connectivity index (χ0v) is 17.6. The largest absolute Gasteiger partial charge is 0.380 e. The molecule has 1 aromatic carbocycles. The molecule has 3 heterocycles. The summed E-state index contributed by atoms with van der Waals surface area (Å²) in [5.74, 6) is 3.95. The van der Waals surface area contributed by atoms with Crippen molar-refractivity contribution in [1.29, 1.82) is 0 Å². The maximum Gasteiger partial charge on any atom is 0.140 e. The molecule has 2 aliphatic rings. The first-order chi connectivity index (χ1) is 13.6. The third-order valence-corrected chi connectivity index (χ3v) is 7.03. The summed E-state index contributed by atoms with van der Waals surface area (Å²) >= 11 is 7.81. The van der Waals surface area contributed by atoms with E-state index in [1.165, 1.54) is 5.01 Å². The summed E-state index contributed by atoms with van der Waals surface area (Å²) in [7, 11) is 0. The Labute approximate surface area is 173 Å². The summed E-state index contributed by atoms with van der Waals surface area (Å²) in [4.78, 5) is 4.60. The summed E-state index contributed by atoms with van der Waals surface area (Å²) in [5, 5.41) is 14.7. The molecule has 0 radical (unpaired) electrons. The first kappa shape index (κ1) is 18.1. The van der Waals surface area contributed by atoms with Crippen LogP contribution in [0.4, 0.5) is 5.69 Å². The molecule has 0 bridgehead atoms. The fourth-order valence-corrected chi connectivity index (χ4v) is 5.47. The average Bonchev–Trinajstić information content (AvgIpc) is 3.25. The summed E-state index contributed by atoms with van der Waals surface area (Å²) in [6, 6.07) is 6.31. The van der Waals surface area contributed by atoms with Crippen LogP contribution in [0.25, 0.3) is 5.69 Å². The van der Waals surface area contributed by atoms with Gasteiger partial charge in [-0.05, 0) is 69.3 Å². The van der Waals surface area contributed by atoms with E-state index in [-0.39, 0.29) is 6.04 Å². The Morgan fingerprint density at radius 2 is 1.93 bits per heavy atom. The molecule has 0 amide bonds. The number of hydrogen-bond donors (Lipinski definition) is 1. The van der Waals surface area contributed by atoms with Gasteiger partial charge >= 0.3 is 0 Å². The molecule has 146 valence electrons. The second-order valence-corrected chi connectivity index (χ2v) is 9.17. The molecular weight excluding hydrogens is 392 g/mol. The van der Waals surface area contributed by atoms with Gasteiger partial charge in [0.15, 0.2) is 0 Å². The molecule has 1 N–H and O–H groups in total. The molecule has 6 nitrogen and oxygen atoms in total. The lowest BCUT2D eigenvalue weighted by Crippen LogP contribution is -2.17. The minimum Gasteiger partial charge on any atom is -0.380 e. The molecule has 1 saturated carbocycles. The van der Waals surface area contributed by atoms with Crippen LogP contribution in [0.3, 0.4) is 0 Å². The van der Waals surface area contributed by atoms with Crippen molar-refractivity contribution in [2.24, 2.45) is 0 Å². The molecule has 28 heavy (non-hydrogen) atoms. The van der Waals surface area contributed by atoms with E-state index in [9.17, 15) is 0 Å². The van der Waals surface area contributed by atoms with Gasteiger partial charge in [0.1, 0.15) is 22.5 Å². The van der Waals surface area contributed by atoms with Gasteiger partial charge < -0.3 is 5.32 Å². The van der Waals surface area contributed by atoms with Crippen LogP contribution in [0.15, 0.2) is 18.2 Å². The minimum atomic E-state index is 0.284. The van der Waals surface area contributed by atoms with Crippen molar-refractivity contribution in [3.63, 3.8) is 0 Å². The molecular formula is C20H23ClN6S. The summed E-state index contributed by atoms with van der Waals surface area (Å²) < 4.78 is 6.62. The molecule has 5 rings (SSSR count). The van der Waals surface area contributed by atoms with E-state index in [2.05, 4.69) is 42.4 Å². The van der Waals surface area contributed by atoms with Crippen LogP contribution in [-0.2, 0) is 6.42 Å². The summed E-state index contributed by atoms with van der Waals surface area (Å²) in [6.45, 7) is 4.14. The highest BCUT2D eigenvalue weighted by atomic mass is 35.5. The van der Waals surface area contributed by atoms with E-state index in [1.807, 2.05) is 19.1 Å². The number of aromatic nitrogens is 5. The normalized spacial score (nSPS) is 24.2. The third kappa shape index (κ3) is 3.20. The van der Waals surface area contributed by atoms with Gasteiger partial charge in [-0.3, -0.25) is 4.57 Å². The number of hydrogen-bond acceptors (Lipinski definition) is 6. The van der Waals surface area contributed by atoms with Crippen LogP contribution >= 0.6 is 23.1 Å². The molecule has 0 saturated heterocycles. The minimum absolute atomic E-state index is 0.284. The second-order valence-electron chi connectivity index (χ2n) is 7.95. The van der Waals surface area contributed by atoms with Crippen molar-refractivity contribution in [2.45, 2.75) is 63.8 Å². The van der Waals surface area contributed by atoms with Crippen molar-refractivity contribution in [1.82, 2.24) is 24.1 Å². The number of benzene rings is 1. The molecule has 1 fully saturated rings. The van der Waals surface area contributed by atoms with Gasteiger partial charge in [-0.1, -0.05) is 11.6 Å². The molecule has 1 unspecified atom stereocenters. The number of nitrogens with one attached hydrogen (secondary N) is 1. The number of halogens is 1. The Kier molecular flexibility index (Phi) is 4.59. The van der Waals surface area contributed by atoms with Crippen molar-refractivity contribution < 1.29 is 0 Å². The third-order valence-electron chi connectivity index (χ3n) is 5.83. The van der Waals surface area contributed by atoms with Crippen molar-refractivity contribution >= 4 is 28.8 Å². The summed E-state index contributed by atoms with van der Waals surface area (Å²) in [5.41, 5.74) is 2.16. The van der Waals surface area contributed by atoms with Gasteiger partial charge in [-0.15, -0.1) is 10.2 Å². The molecule has 1 aliphatic carbocycles. The van der Waals surface area contributed by atoms with Gasteiger partial charge in [-0.2, -0.15) is 4.37 Å².